The fourth-order valence-corrected chi connectivity index (χ4v) is 6.30. The van der Waals surface area contributed by atoms with Crippen LogP contribution in [0.25, 0.3) is 0 Å². The molecule has 0 bridgehead atoms. The summed E-state index contributed by atoms with van der Waals surface area (Å²) >= 11 is 0. The fraction of sp³-hybridized carbons (Fsp3) is 0.771. The Morgan fingerprint density at radius 1 is 1.05 bits per heavy atom. The second-order valence-electron chi connectivity index (χ2n) is 13.0. The lowest BCUT2D eigenvalue weighted by atomic mass is 9.63. The average molecular weight is 592 g/mol. The Morgan fingerprint density at radius 3 is 2.14 bits per heavy atom. The molecule has 2 aliphatic carbocycles. The van der Waals surface area contributed by atoms with Crippen molar-refractivity contribution in [1.82, 2.24) is 5.32 Å². The molecule has 7 heteroatoms. The van der Waals surface area contributed by atoms with E-state index in [1.165, 1.54) is 71.0 Å². The second-order valence-corrected chi connectivity index (χ2v) is 13.0. The molecule has 1 aromatic carbocycles. The zero-order chi connectivity index (χ0) is 31.7. The van der Waals surface area contributed by atoms with Gasteiger partial charge in [-0.1, -0.05) is 69.9 Å². The average Bonchev–Trinajstić information content (AvgIpc) is 3.11. The van der Waals surface area contributed by atoms with Gasteiger partial charge in [-0.25, -0.2) is 4.89 Å². The number of benzene rings is 1. The van der Waals surface area contributed by atoms with Crippen molar-refractivity contribution in [2.45, 2.75) is 125 Å². The molecule has 1 amide bonds. The minimum Gasteiger partial charge on any atom is -0.393 e. The monoisotopic (exact) mass is 591 g/mol. The van der Waals surface area contributed by atoms with E-state index in [1.807, 2.05) is 38.1 Å². The van der Waals surface area contributed by atoms with E-state index in [-0.39, 0.29) is 18.1 Å². The Bertz CT molecular complexity index is 856. The highest BCUT2D eigenvalue weighted by Gasteiger charge is 2.42. The summed E-state index contributed by atoms with van der Waals surface area (Å²) < 4.78 is 6.05. The largest absolute Gasteiger partial charge is 0.393 e. The Labute approximate surface area is 256 Å². The maximum atomic E-state index is 11.7. The molecular weight excluding hydrogens is 530 g/mol. The van der Waals surface area contributed by atoms with Crippen molar-refractivity contribution in [2.75, 3.05) is 13.7 Å². The van der Waals surface area contributed by atoms with Crippen LogP contribution in [0.2, 0.25) is 0 Å². The molecule has 3 N–H and O–H groups in total. The lowest BCUT2D eigenvalue weighted by molar-refractivity contribution is -0.214. The van der Waals surface area contributed by atoms with Crippen LogP contribution < -0.4 is 5.32 Å². The Kier molecular flexibility index (Phi) is 19.1. The summed E-state index contributed by atoms with van der Waals surface area (Å²) in [6.07, 6.45) is 12.1. The highest BCUT2D eigenvalue weighted by Crippen LogP contribution is 2.46. The highest BCUT2D eigenvalue weighted by atomic mass is 17.1. The fourth-order valence-electron chi connectivity index (χ4n) is 6.30. The van der Waals surface area contributed by atoms with Gasteiger partial charge in [0.1, 0.15) is 6.29 Å². The Balaban J connectivity index is 0.000000361. The first-order chi connectivity index (χ1) is 20.0. The van der Waals surface area contributed by atoms with Crippen molar-refractivity contribution in [1.29, 1.82) is 0 Å². The number of carbonyl (C=O) groups is 2. The van der Waals surface area contributed by atoms with Gasteiger partial charge in [-0.3, -0.25) is 10.1 Å². The Hall–Kier alpha value is -1.80. The summed E-state index contributed by atoms with van der Waals surface area (Å²) in [4.78, 5) is 23.8. The van der Waals surface area contributed by atoms with E-state index in [1.54, 1.807) is 0 Å². The number of aliphatic hydroxyl groups excluding tert-OH is 1. The van der Waals surface area contributed by atoms with Gasteiger partial charge >= 0.3 is 0 Å². The van der Waals surface area contributed by atoms with Gasteiger partial charge in [0.05, 0.1) is 32.3 Å². The first kappa shape index (κ1) is 38.2. The second kappa shape index (κ2) is 21.0. The number of hydrogen-bond donors (Lipinski definition) is 3. The molecule has 1 heterocycles. The molecule has 1 aromatic rings. The van der Waals surface area contributed by atoms with Gasteiger partial charge in [-0.05, 0) is 101 Å². The molecule has 1 aliphatic heterocycles. The molecule has 2 saturated carbocycles. The van der Waals surface area contributed by atoms with E-state index in [0.717, 1.165) is 24.4 Å². The number of ether oxygens (including phenoxy) is 1. The van der Waals surface area contributed by atoms with Crippen LogP contribution >= 0.6 is 0 Å². The number of carbonyl (C=O) groups excluding carboxylic acids is 2. The minimum absolute atomic E-state index is 0.0619. The van der Waals surface area contributed by atoms with Gasteiger partial charge in [-0.2, -0.15) is 0 Å². The predicted octanol–water partition coefficient (Wildman–Crippen LogP) is 7.02. The van der Waals surface area contributed by atoms with Crippen molar-refractivity contribution in [3.05, 3.63) is 35.4 Å². The van der Waals surface area contributed by atoms with E-state index < -0.39 is 0 Å². The maximum Gasteiger partial charge on any atom is 0.224 e. The number of hydrogen-bond acceptors (Lipinski definition) is 6. The zero-order valence-corrected chi connectivity index (χ0v) is 27.7. The van der Waals surface area contributed by atoms with Crippen molar-refractivity contribution < 1.29 is 29.6 Å². The Morgan fingerprint density at radius 2 is 1.62 bits per heavy atom. The lowest BCUT2D eigenvalue weighted by Crippen LogP contribution is -2.42. The molecule has 7 atom stereocenters. The first-order valence-electron chi connectivity index (χ1n) is 16.2. The molecule has 0 radical (unpaired) electrons. The normalized spacial score (nSPS) is 25.6. The van der Waals surface area contributed by atoms with Crippen LogP contribution in [0.5, 0.6) is 0 Å². The minimum atomic E-state index is -0.0619. The molecule has 1 saturated heterocycles. The van der Waals surface area contributed by atoms with Crippen LogP contribution in [-0.2, 0) is 25.6 Å². The standard InChI is InChI=1S/C18H32O2.C14H21NO.C2H4O.CH4O2/c1-12-9-10-14-5-4-8-16(17(14)11-20-12)13(2)18(19)15-6-3-7-15;1-10(2)12(4)15-14(16)9-13-7-5-11(3)6-8-13;1-2-3;1-3-2/h12-19H,3-11H2,1-2H3;5-8,10,12H,9H2,1-4H3,(H,15,16);2*2H,1H3/t12?,13-,14-,16?,17?,18?;;;/m1.../s1. The molecule has 7 nitrogen and oxygen atoms in total. The van der Waals surface area contributed by atoms with Crippen molar-refractivity contribution in [3.8, 4) is 0 Å². The van der Waals surface area contributed by atoms with Gasteiger partial charge in [0, 0.05) is 6.04 Å². The molecule has 3 fully saturated rings. The van der Waals surface area contributed by atoms with Crippen molar-refractivity contribution >= 4 is 12.2 Å². The van der Waals surface area contributed by atoms with E-state index in [2.05, 4.69) is 37.9 Å². The van der Waals surface area contributed by atoms with E-state index in [4.69, 9.17) is 14.8 Å². The molecule has 4 rings (SSSR count). The van der Waals surface area contributed by atoms with Crippen LogP contribution in [0.15, 0.2) is 24.3 Å². The van der Waals surface area contributed by atoms with E-state index in [9.17, 15) is 9.90 Å². The number of rotatable bonds is 7. The van der Waals surface area contributed by atoms with Gasteiger partial charge in [0.15, 0.2) is 0 Å². The number of aldehydes is 1. The van der Waals surface area contributed by atoms with Crippen molar-refractivity contribution in [3.63, 3.8) is 0 Å². The van der Waals surface area contributed by atoms with E-state index >= 15 is 0 Å². The number of nitrogens with one attached hydrogen (secondary N) is 1. The number of aliphatic hydroxyl groups is 1. The molecule has 0 spiro atoms. The van der Waals surface area contributed by atoms with Crippen LogP contribution in [0.1, 0.15) is 104 Å². The summed E-state index contributed by atoms with van der Waals surface area (Å²) in [6.45, 7) is 15.2. The van der Waals surface area contributed by atoms with Crippen molar-refractivity contribution in [2.24, 2.45) is 35.5 Å². The molecule has 3 aliphatic rings. The lowest BCUT2D eigenvalue weighted by Gasteiger charge is -2.44. The summed E-state index contributed by atoms with van der Waals surface area (Å²) in [6, 6.07) is 8.32. The van der Waals surface area contributed by atoms with Crippen LogP contribution in [0.3, 0.4) is 0 Å². The van der Waals surface area contributed by atoms with Gasteiger partial charge < -0.3 is 20.0 Å². The van der Waals surface area contributed by atoms with Crippen LogP contribution in [0.4, 0.5) is 0 Å². The van der Waals surface area contributed by atoms with Crippen LogP contribution in [0, 0.1) is 42.4 Å². The van der Waals surface area contributed by atoms with Gasteiger partial charge in [0.2, 0.25) is 5.91 Å². The smallest absolute Gasteiger partial charge is 0.224 e. The summed E-state index contributed by atoms with van der Waals surface area (Å²) in [5, 5.41) is 20.7. The molecule has 5 unspecified atom stereocenters. The first-order valence-corrected chi connectivity index (χ1v) is 16.2. The summed E-state index contributed by atoms with van der Waals surface area (Å²) in [5.74, 6) is 3.89. The molecule has 42 heavy (non-hydrogen) atoms. The number of fused-ring (bicyclic) bond motifs is 1. The third kappa shape index (κ3) is 13.7. The van der Waals surface area contributed by atoms with Gasteiger partial charge in [0.25, 0.3) is 0 Å². The third-order valence-corrected chi connectivity index (χ3v) is 9.51. The topological polar surface area (TPSA) is 105 Å². The van der Waals surface area contributed by atoms with E-state index in [0.29, 0.717) is 42.1 Å². The highest BCUT2D eigenvalue weighted by molar-refractivity contribution is 5.78. The summed E-state index contributed by atoms with van der Waals surface area (Å²) in [7, 11) is 1.18. The molecule has 0 aromatic heterocycles. The molecule has 242 valence electrons. The van der Waals surface area contributed by atoms with Crippen LogP contribution in [-0.4, -0.2) is 54.5 Å². The maximum absolute atomic E-state index is 11.7. The summed E-state index contributed by atoms with van der Waals surface area (Å²) in [5.41, 5.74) is 2.29. The van der Waals surface area contributed by atoms with Gasteiger partial charge in [-0.15, -0.1) is 0 Å². The quantitative estimate of drug-likeness (QED) is 0.179. The third-order valence-electron chi connectivity index (χ3n) is 9.51. The predicted molar refractivity (Wildman–Crippen MR) is 170 cm³/mol. The molecular formula is C35H61NO6. The number of aryl methyl sites for hydroxylation is 1. The SMILES string of the molecule is CC1CC[C@H]2CCCC([C@@H](C)C(O)C3CCC3)C2CO1.CC=O.COO.Cc1ccc(CC(=O)NC(C)C(C)C)cc1. The number of amides is 1. The zero-order valence-electron chi connectivity index (χ0n) is 27.7.